The highest BCUT2D eigenvalue weighted by molar-refractivity contribution is 4.85. The molecule has 0 heterocycles. The van der Waals surface area contributed by atoms with Gasteiger partial charge in [0.05, 0.1) is 0 Å². The fourth-order valence-corrected chi connectivity index (χ4v) is 3.49. The first kappa shape index (κ1) is 10.4. The third-order valence-electron chi connectivity index (χ3n) is 4.29. The van der Waals surface area contributed by atoms with Gasteiger partial charge in [-0.25, -0.2) is 0 Å². The molecule has 0 aromatic rings. The Hall–Kier alpha value is -0.0800. The van der Waals surface area contributed by atoms with Crippen LogP contribution in [0.5, 0.6) is 0 Å². The maximum Gasteiger partial charge on any atom is 0.0241 e. The van der Waals surface area contributed by atoms with Crippen molar-refractivity contribution < 1.29 is 0 Å². The molecule has 0 unspecified atom stereocenters. The molecule has 0 saturated heterocycles. The molecule has 3 N–H and O–H groups in total. The largest absolute Gasteiger partial charge is 0.271 e. The van der Waals surface area contributed by atoms with Gasteiger partial charge in [-0.1, -0.05) is 44.9 Å². The van der Waals surface area contributed by atoms with Crippen molar-refractivity contribution in [2.24, 2.45) is 17.7 Å². The van der Waals surface area contributed by atoms with Crippen LogP contribution in [0.1, 0.15) is 57.8 Å². The molecule has 2 aliphatic carbocycles. The van der Waals surface area contributed by atoms with Gasteiger partial charge in [0.25, 0.3) is 0 Å². The van der Waals surface area contributed by atoms with Crippen molar-refractivity contribution in [3.05, 3.63) is 0 Å². The lowest BCUT2D eigenvalue weighted by atomic mass is 9.71. The summed E-state index contributed by atoms with van der Waals surface area (Å²) in [5.41, 5.74) is 3.05. The van der Waals surface area contributed by atoms with Gasteiger partial charge in [0.1, 0.15) is 0 Å². The van der Waals surface area contributed by atoms with Crippen molar-refractivity contribution >= 4 is 0 Å². The molecule has 14 heavy (non-hydrogen) atoms. The average molecular weight is 196 g/mol. The van der Waals surface area contributed by atoms with Gasteiger partial charge in [-0.15, -0.1) is 0 Å². The van der Waals surface area contributed by atoms with Crippen LogP contribution in [0.2, 0.25) is 0 Å². The second kappa shape index (κ2) is 5.13. The fourth-order valence-electron chi connectivity index (χ4n) is 3.49. The molecule has 82 valence electrons. The van der Waals surface area contributed by atoms with Crippen molar-refractivity contribution in [2.45, 2.75) is 63.8 Å². The molecule has 2 nitrogen and oxygen atoms in total. The molecule has 2 fully saturated rings. The summed E-state index contributed by atoms with van der Waals surface area (Å²) in [5, 5.41) is 0. The first-order valence-corrected chi connectivity index (χ1v) is 6.38. The minimum absolute atomic E-state index is 0.617. The third kappa shape index (κ3) is 2.29. The van der Waals surface area contributed by atoms with E-state index >= 15 is 0 Å². The Bertz CT molecular complexity index is 164. The van der Waals surface area contributed by atoms with Crippen LogP contribution in [0.15, 0.2) is 0 Å². The lowest BCUT2D eigenvalue weighted by molar-refractivity contribution is 0.151. The van der Waals surface area contributed by atoms with E-state index in [1.807, 2.05) is 0 Å². The van der Waals surface area contributed by atoms with Crippen LogP contribution in [0.25, 0.3) is 0 Å². The molecule has 0 spiro atoms. The second-order valence-corrected chi connectivity index (χ2v) is 5.12. The molecule has 2 aliphatic rings. The van der Waals surface area contributed by atoms with Gasteiger partial charge < -0.3 is 0 Å². The first-order chi connectivity index (χ1) is 6.92. The maximum absolute atomic E-state index is 5.65. The summed E-state index contributed by atoms with van der Waals surface area (Å²) in [6.45, 7) is 0. The smallest absolute Gasteiger partial charge is 0.0241 e. The van der Waals surface area contributed by atoms with Gasteiger partial charge in [-0.05, 0) is 24.7 Å². The van der Waals surface area contributed by atoms with E-state index in [1.54, 1.807) is 0 Å². The fraction of sp³-hybridized carbons (Fsp3) is 1.00. The van der Waals surface area contributed by atoms with Crippen LogP contribution in [-0.2, 0) is 0 Å². The number of hydrogen-bond acceptors (Lipinski definition) is 2. The van der Waals surface area contributed by atoms with Crippen molar-refractivity contribution in [3.63, 3.8) is 0 Å². The molecule has 0 aromatic carbocycles. The van der Waals surface area contributed by atoms with Crippen molar-refractivity contribution in [1.29, 1.82) is 0 Å². The zero-order valence-corrected chi connectivity index (χ0v) is 9.17. The predicted molar refractivity (Wildman–Crippen MR) is 59.6 cm³/mol. The minimum Gasteiger partial charge on any atom is -0.271 e. The Morgan fingerprint density at radius 2 is 1.43 bits per heavy atom. The zero-order valence-electron chi connectivity index (χ0n) is 9.17. The zero-order chi connectivity index (χ0) is 9.80. The number of nitrogens with one attached hydrogen (secondary N) is 1. The van der Waals surface area contributed by atoms with Gasteiger partial charge in [-0.2, -0.15) is 0 Å². The summed E-state index contributed by atoms with van der Waals surface area (Å²) in [7, 11) is 0. The highest BCUT2D eigenvalue weighted by Crippen LogP contribution is 2.38. The van der Waals surface area contributed by atoms with E-state index in [-0.39, 0.29) is 0 Å². The second-order valence-electron chi connectivity index (χ2n) is 5.12. The minimum atomic E-state index is 0.617. The van der Waals surface area contributed by atoms with Crippen molar-refractivity contribution in [1.82, 2.24) is 5.43 Å². The lowest BCUT2D eigenvalue weighted by Crippen LogP contribution is -2.45. The molecule has 0 amide bonds. The van der Waals surface area contributed by atoms with E-state index in [4.69, 9.17) is 5.84 Å². The molecular formula is C12H24N2. The Kier molecular flexibility index (Phi) is 3.82. The van der Waals surface area contributed by atoms with E-state index in [9.17, 15) is 0 Å². The summed E-state index contributed by atoms with van der Waals surface area (Å²) < 4.78 is 0. The number of hydrazine groups is 1. The Balaban J connectivity index is 1.91. The monoisotopic (exact) mass is 196 g/mol. The molecule has 0 bridgehead atoms. The van der Waals surface area contributed by atoms with E-state index in [1.165, 1.54) is 57.8 Å². The Labute approximate surface area is 87.6 Å². The van der Waals surface area contributed by atoms with Crippen molar-refractivity contribution in [2.75, 3.05) is 0 Å². The Morgan fingerprint density at radius 3 is 2.14 bits per heavy atom. The highest BCUT2D eigenvalue weighted by atomic mass is 15.2. The lowest BCUT2D eigenvalue weighted by Gasteiger charge is -2.38. The molecular weight excluding hydrogens is 172 g/mol. The third-order valence-corrected chi connectivity index (χ3v) is 4.29. The molecule has 2 saturated carbocycles. The SMILES string of the molecule is NN[C@@H]1CCCC[C@H]1C1CCCCC1. The number of rotatable bonds is 2. The summed E-state index contributed by atoms with van der Waals surface area (Å²) in [4.78, 5) is 0. The van der Waals surface area contributed by atoms with Crippen LogP contribution in [-0.4, -0.2) is 6.04 Å². The molecule has 0 aliphatic heterocycles. The molecule has 2 rings (SSSR count). The van der Waals surface area contributed by atoms with E-state index in [0.717, 1.165) is 11.8 Å². The van der Waals surface area contributed by atoms with Gasteiger partial charge in [0, 0.05) is 6.04 Å². The van der Waals surface area contributed by atoms with Crippen LogP contribution in [0, 0.1) is 11.8 Å². The van der Waals surface area contributed by atoms with Crippen LogP contribution in [0.4, 0.5) is 0 Å². The summed E-state index contributed by atoms with van der Waals surface area (Å²) >= 11 is 0. The molecule has 2 heteroatoms. The van der Waals surface area contributed by atoms with E-state index in [0.29, 0.717) is 6.04 Å². The predicted octanol–water partition coefficient (Wildman–Crippen LogP) is 2.59. The average Bonchev–Trinajstić information content (AvgIpc) is 2.30. The van der Waals surface area contributed by atoms with Gasteiger partial charge in [0.15, 0.2) is 0 Å². The van der Waals surface area contributed by atoms with Gasteiger partial charge in [0.2, 0.25) is 0 Å². The maximum atomic E-state index is 5.65. The molecule has 0 aromatic heterocycles. The number of nitrogens with two attached hydrogens (primary N) is 1. The molecule has 2 atom stereocenters. The van der Waals surface area contributed by atoms with Gasteiger partial charge in [-0.3, -0.25) is 11.3 Å². The summed E-state index contributed by atoms with van der Waals surface area (Å²) in [6.07, 6.45) is 12.8. The van der Waals surface area contributed by atoms with E-state index < -0.39 is 0 Å². The van der Waals surface area contributed by atoms with Crippen LogP contribution < -0.4 is 11.3 Å². The summed E-state index contributed by atoms with van der Waals surface area (Å²) in [6, 6.07) is 0.617. The standard InChI is InChI=1S/C12H24N2/c13-14-12-9-5-4-8-11(12)10-6-2-1-3-7-10/h10-12,14H,1-9,13H2/t11-,12+/m0/s1. The van der Waals surface area contributed by atoms with Crippen LogP contribution in [0.3, 0.4) is 0 Å². The highest BCUT2D eigenvalue weighted by Gasteiger charge is 2.31. The molecule has 0 radical (unpaired) electrons. The van der Waals surface area contributed by atoms with Gasteiger partial charge >= 0.3 is 0 Å². The quantitative estimate of drug-likeness (QED) is 0.526. The normalized spacial score (nSPS) is 35.8. The Morgan fingerprint density at radius 1 is 0.786 bits per heavy atom. The number of hydrogen-bond donors (Lipinski definition) is 2. The summed E-state index contributed by atoms with van der Waals surface area (Å²) in [5.74, 6) is 7.51. The first-order valence-electron chi connectivity index (χ1n) is 6.38. The topological polar surface area (TPSA) is 38.0 Å². The van der Waals surface area contributed by atoms with E-state index in [2.05, 4.69) is 5.43 Å². The van der Waals surface area contributed by atoms with Crippen molar-refractivity contribution in [3.8, 4) is 0 Å². The van der Waals surface area contributed by atoms with Crippen LogP contribution >= 0.6 is 0 Å².